The van der Waals surface area contributed by atoms with Gasteiger partial charge in [-0.25, -0.2) is 0 Å². The third kappa shape index (κ3) is 2.50. The van der Waals surface area contributed by atoms with Crippen LogP contribution in [-0.2, 0) is 0 Å². The molecule has 0 saturated heterocycles. The Bertz CT molecular complexity index is 332. The number of hydrogen-bond acceptors (Lipinski definition) is 3. The Kier molecular flexibility index (Phi) is 3.54. The number of aromatic hydroxyl groups is 1. The van der Waals surface area contributed by atoms with Crippen molar-refractivity contribution in [2.45, 2.75) is 13.0 Å². The van der Waals surface area contributed by atoms with E-state index in [-0.39, 0.29) is 11.8 Å². The molecule has 0 amide bonds. The van der Waals surface area contributed by atoms with Crippen molar-refractivity contribution >= 4 is 6.08 Å². The van der Waals surface area contributed by atoms with Crippen molar-refractivity contribution in [3.05, 3.63) is 29.8 Å². The molecule has 3 heteroatoms. The third-order valence-electron chi connectivity index (χ3n) is 1.83. The van der Waals surface area contributed by atoms with Gasteiger partial charge in [0.15, 0.2) is 11.5 Å². The molecule has 1 atom stereocenters. The molecule has 14 heavy (non-hydrogen) atoms. The molecule has 0 saturated carbocycles. The molecule has 1 unspecified atom stereocenters. The zero-order chi connectivity index (χ0) is 10.6. The highest BCUT2D eigenvalue weighted by atomic mass is 16.5. The van der Waals surface area contributed by atoms with E-state index in [1.165, 1.54) is 7.11 Å². The minimum atomic E-state index is -0.0272. The van der Waals surface area contributed by atoms with Crippen LogP contribution in [0.5, 0.6) is 11.5 Å². The first-order valence-corrected chi connectivity index (χ1v) is 4.45. The molecule has 1 rings (SSSR count). The Morgan fingerprint density at radius 2 is 2.21 bits per heavy atom. The van der Waals surface area contributed by atoms with Crippen molar-refractivity contribution in [2.24, 2.45) is 5.73 Å². The van der Waals surface area contributed by atoms with E-state index in [4.69, 9.17) is 10.5 Å². The fraction of sp³-hybridized carbons (Fsp3) is 0.273. The highest BCUT2D eigenvalue weighted by Gasteiger charge is 2.03. The molecule has 1 aromatic carbocycles. The lowest BCUT2D eigenvalue weighted by atomic mass is 10.1. The predicted octanol–water partition coefficient (Wildman–Crippen LogP) is 1.76. The van der Waals surface area contributed by atoms with Gasteiger partial charge >= 0.3 is 0 Å². The summed E-state index contributed by atoms with van der Waals surface area (Å²) in [6, 6.07) is 5.30. The first kappa shape index (κ1) is 10.6. The lowest BCUT2D eigenvalue weighted by molar-refractivity contribution is 0.373. The summed E-state index contributed by atoms with van der Waals surface area (Å²) < 4.78 is 4.98. The number of nitrogens with two attached hydrogens (primary N) is 1. The van der Waals surface area contributed by atoms with Crippen molar-refractivity contribution < 1.29 is 9.84 Å². The minimum Gasteiger partial charge on any atom is -0.504 e. The smallest absolute Gasteiger partial charge is 0.165 e. The van der Waals surface area contributed by atoms with Gasteiger partial charge in [0.05, 0.1) is 7.11 Å². The molecule has 0 spiro atoms. The van der Waals surface area contributed by atoms with E-state index in [9.17, 15) is 5.11 Å². The van der Waals surface area contributed by atoms with Crippen molar-refractivity contribution in [2.75, 3.05) is 7.11 Å². The van der Waals surface area contributed by atoms with Gasteiger partial charge in [0.2, 0.25) is 0 Å². The quantitative estimate of drug-likeness (QED) is 0.769. The molecule has 0 radical (unpaired) electrons. The number of methoxy groups -OCH3 is 1. The molecule has 0 heterocycles. The van der Waals surface area contributed by atoms with Gasteiger partial charge < -0.3 is 15.6 Å². The van der Waals surface area contributed by atoms with Gasteiger partial charge in [0.25, 0.3) is 0 Å². The summed E-state index contributed by atoms with van der Waals surface area (Å²) in [5.74, 6) is 0.615. The number of phenolic OH excluding ortho intramolecular Hbond substituents is 1. The zero-order valence-electron chi connectivity index (χ0n) is 8.40. The molecule has 0 fully saturated rings. The first-order valence-electron chi connectivity index (χ1n) is 4.45. The van der Waals surface area contributed by atoms with Crippen LogP contribution in [0.15, 0.2) is 24.3 Å². The molecule has 76 valence electrons. The van der Waals surface area contributed by atoms with Gasteiger partial charge in [0.1, 0.15) is 0 Å². The number of phenols is 1. The Balaban J connectivity index is 2.98. The fourth-order valence-electron chi connectivity index (χ4n) is 1.09. The molecule has 0 aliphatic carbocycles. The standard InChI is InChI=1S/C11H15NO2/c1-8(12)6-7-9-4-3-5-10(14-2)11(9)13/h3-8,13H,12H2,1-2H3/b7-6+. The molecular weight excluding hydrogens is 178 g/mol. The SMILES string of the molecule is COc1cccc(/C=C/C(C)N)c1O. The Morgan fingerprint density at radius 3 is 2.79 bits per heavy atom. The molecule has 1 aromatic rings. The molecule has 0 aliphatic heterocycles. The maximum absolute atomic E-state index is 9.68. The van der Waals surface area contributed by atoms with Gasteiger partial charge in [0, 0.05) is 11.6 Å². The van der Waals surface area contributed by atoms with Crippen LogP contribution in [-0.4, -0.2) is 18.3 Å². The van der Waals surface area contributed by atoms with Crippen LogP contribution < -0.4 is 10.5 Å². The summed E-state index contributed by atoms with van der Waals surface area (Å²) >= 11 is 0. The van der Waals surface area contributed by atoms with Crippen molar-refractivity contribution in [3.8, 4) is 11.5 Å². The van der Waals surface area contributed by atoms with Crippen molar-refractivity contribution in [3.63, 3.8) is 0 Å². The monoisotopic (exact) mass is 193 g/mol. The van der Waals surface area contributed by atoms with Gasteiger partial charge in [-0.1, -0.05) is 24.3 Å². The van der Waals surface area contributed by atoms with Gasteiger partial charge in [-0.05, 0) is 13.0 Å². The summed E-state index contributed by atoms with van der Waals surface area (Å²) in [6.45, 7) is 1.87. The van der Waals surface area contributed by atoms with Crippen molar-refractivity contribution in [1.29, 1.82) is 0 Å². The van der Waals surface area contributed by atoms with Crippen LogP contribution >= 0.6 is 0 Å². The van der Waals surface area contributed by atoms with Crippen LogP contribution in [0.4, 0.5) is 0 Å². The number of hydrogen-bond donors (Lipinski definition) is 2. The summed E-state index contributed by atoms with van der Waals surface area (Å²) in [6.07, 6.45) is 3.59. The molecule has 3 nitrogen and oxygen atoms in total. The molecule has 0 bridgehead atoms. The van der Waals surface area contributed by atoms with E-state index < -0.39 is 0 Å². The predicted molar refractivity (Wildman–Crippen MR) is 57.3 cm³/mol. The number of benzene rings is 1. The zero-order valence-corrected chi connectivity index (χ0v) is 8.40. The van der Waals surface area contributed by atoms with Gasteiger partial charge in [-0.2, -0.15) is 0 Å². The topological polar surface area (TPSA) is 55.5 Å². The van der Waals surface area contributed by atoms with Crippen LogP contribution in [0.1, 0.15) is 12.5 Å². The summed E-state index contributed by atoms with van der Waals surface area (Å²) in [5, 5.41) is 9.68. The van der Waals surface area contributed by atoms with E-state index >= 15 is 0 Å². The average Bonchev–Trinajstić information content (AvgIpc) is 2.16. The number of rotatable bonds is 3. The van der Waals surface area contributed by atoms with E-state index in [1.807, 2.05) is 19.1 Å². The third-order valence-corrected chi connectivity index (χ3v) is 1.83. The van der Waals surface area contributed by atoms with Crippen LogP contribution in [0.25, 0.3) is 6.08 Å². The second-order valence-corrected chi connectivity index (χ2v) is 3.12. The molecule has 0 aliphatic rings. The molecule has 3 N–H and O–H groups in total. The van der Waals surface area contributed by atoms with E-state index in [0.29, 0.717) is 11.3 Å². The summed E-state index contributed by atoms with van der Waals surface area (Å²) in [7, 11) is 1.52. The lowest BCUT2D eigenvalue weighted by Crippen LogP contribution is -2.09. The maximum atomic E-state index is 9.68. The second-order valence-electron chi connectivity index (χ2n) is 3.12. The maximum Gasteiger partial charge on any atom is 0.165 e. The fourth-order valence-corrected chi connectivity index (χ4v) is 1.09. The van der Waals surface area contributed by atoms with Crippen LogP contribution in [0.3, 0.4) is 0 Å². The van der Waals surface area contributed by atoms with Crippen LogP contribution in [0.2, 0.25) is 0 Å². The minimum absolute atomic E-state index is 0.0272. The van der Waals surface area contributed by atoms with Gasteiger partial charge in [-0.3, -0.25) is 0 Å². The van der Waals surface area contributed by atoms with E-state index in [1.54, 1.807) is 18.2 Å². The van der Waals surface area contributed by atoms with Gasteiger partial charge in [-0.15, -0.1) is 0 Å². The Morgan fingerprint density at radius 1 is 1.50 bits per heavy atom. The van der Waals surface area contributed by atoms with E-state index in [2.05, 4.69) is 0 Å². The Hall–Kier alpha value is -1.48. The number of ether oxygens (including phenoxy) is 1. The lowest BCUT2D eigenvalue weighted by Gasteiger charge is -2.05. The summed E-state index contributed by atoms with van der Waals surface area (Å²) in [5.41, 5.74) is 6.27. The van der Waals surface area contributed by atoms with Crippen molar-refractivity contribution in [1.82, 2.24) is 0 Å². The molecular formula is C11H15NO2. The van der Waals surface area contributed by atoms with E-state index in [0.717, 1.165) is 0 Å². The number of para-hydroxylation sites is 1. The average molecular weight is 193 g/mol. The summed E-state index contributed by atoms with van der Waals surface area (Å²) in [4.78, 5) is 0. The molecule has 0 aromatic heterocycles. The largest absolute Gasteiger partial charge is 0.504 e. The highest BCUT2D eigenvalue weighted by Crippen LogP contribution is 2.30. The highest BCUT2D eigenvalue weighted by molar-refractivity contribution is 5.61. The normalized spacial score (nSPS) is 13.1. The Labute approximate surface area is 83.8 Å². The second kappa shape index (κ2) is 4.67. The van der Waals surface area contributed by atoms with Crippen LogP contribution in [0, 0.1) is 0 Å². The first-order chi connectivity index (χ1) is 6.65.